The molecule has 1 fully saturated rings. The maximum Gasteiger partial charge on any atom is 0.131 e. The zero-order valence-electron chi connectivity index (χ0n) is 23.2. The highest BCUT2D eigenvalue weighted by molar-refractivity contribution is 5.89. The van der Waals surface area contributed by atoms with Crippen molar-refractivity contribution in [3.05, 3.63) is 108 Å². The van der Waals surface area contributed by atoms with Gasteiger partial charge < -0.3 is 10.2 Å². The number of anilines is 1. The van der Waals surface area contributed by atoms with E-state index in [1.165, 1.54) is 5.70 Å². The lowest BCUT2D eigenvalue weighted by molar-refractivity contribution is 0.148. The molecule has 1 aliphatic heterocycles. The van der Waals surface area contributed by atoms with Gasteiger partial charge in [0.05, 0.1) is 5.70 Å². The normalized spacial score (nSPS) is 15.9. The molecule has 1 N–H and O–H groups in total. The summed E-state index contributed by atoms with van der Waals surface area (Å²) in [6.45, 7) is 24.1. The van der Waals surface area contributed by atoms with Crippen LogP contribution in [0.3, 0.4) is 0 Å². The second-order valence-corrected chi connectivity index (χ2v) is 9.75. The highest BCUT2D eigenvalue weighted by Gasteiger charge is 2.18. The molecule has 0 bridgehead atoms. The van der Waals surface area contributed by atoms with Crippen LogP contribution in [0.5, 0.6) is 0 Å². The van der Waals surface area contributed by atoms with Crippen LogP contribution < -0.4 is 5.32 Å². The first-order valence-corrected chi connectivity index (χ1v) is 13.3. The number of fused-ring (bicyclic) bond motifs is 1. The van der Waals surface area contributed by atoms with Gasteiger partial charge in [-0.1, -0.05) is 69.5 Å². The summed E-state index contributed by atoms with van der Waals surface area (Å²) in [5, 5.41) is 5.68. The summed E-state index contributed by atoms with van der Waals surface area (Å²) < 4.78 is 0. The van der Waals surface area contributed by atoms with Gasteiger partial charge in [-0.3, -0.25) is 4.90 Å². The first-order chi connectivity index (χ1) is 17.9. The molecule has 1 saturated heterocycles. The smallest absolute Gasteiger partial charge is 0.131 e. The van der Waals surface area contributed by atoms with Gasteiger partial charge in [-0.2, -0.15) is 0 Å². The average Bonchev–Trinajstić information content (AvgIpc) is 2.90. The molecule has 0 amide bonds. The van der Waals surface area contributed by atoms with Gasteiger partial charge in [0.2, 0.25) is 0 Å². The minimum atomic E-state index is 0.697. The Morgan fingerprint density at radius 2 is 1.84 bits per heavy atom. The van der Waals surface area contributed by atoms with Gasteiger partial charge in [-0.05, 0) is 61.4 Å². The lowest BCUT2D eigenvalue weighted by atomic mass is 10.0. The van der Waals surface area contributed by atoms with E-state index >= 15 is 0 Å². The van der Waals surface area contributed by atoms with Crippen LogP contribution in [0.4, 0.5) is 5.82 Å². The van der Waals surface area contributed by atoms with Gasteiger partial charge >= 0.3 is 0 Å². The van der Waals surface area contributed by atoms with E-state index in [0.717, 1.165) is 71.7 Å². The van der Waals surface area contributed by atoms with Crippen molar-refractivity contribution in [2.45, 2.75) is 34.6 Å². The van der Waals surface area contributed by atoms with E-state index in [9.17, 15) is 0 Å². The summed E-state index contributed by atoms with van der Waals surface area (Å²) in [4.78, 5) is 9.69. The van der Waals surface area contributed by atoms with Gasteiger partial charge in [0.25, 0.3) is 0 Å². The summed E-state index contributed by atoms with van der Waals surface area (Å²) in [5.74, 6) is 1.46. The molecule has 2 heterocycles. The topological polar surface area (TPSA) is 31.4 Å². The number of aromatic nitrogens is 1. The predicted molar refractivity (Wildman–Crippen MR) is 161 cm³/mol. The number of hydrogen-bond donors (Lipinski definition) is 1. The third kappa shape index (κ3) is 7.45. The Balaban J connectivity index is 1.84. The first kappa shape index (κ1) is 28.0. The summed E-state index contributed by atoms with van der Waals surface area (Å²) in [6.07, 6.45) is 14.4. The highest BCUT2D eigenvalue weighted by Crippen LogP contribution is 2.25. The summed E-state index contributed by atoms with van der Waals surface area (Å²) in [6, 6.07) is 8.46. The number of allylic oxidation sites excluding steroid dienone is 7. The van der Waals surface area contributed by atoms with Gasteiger partial charge in [-0.15, -0.1) is 5.73 Å². The molecule has 0 radical (unpaired) electrons. The van der Waals surface area contributed by atoms with Gasteiger partial charge in [0.1, 0.15) is 5.82 Å². The van der Waals surface area contributed by atoms with E-state index in [0.29, 0.717) is 5.92 Å². The molecule has 1 aliphatic rings. The number of pyridine rings is 1. The Morgan fingerprint density at radius 3 is 2.43 bits per heavy atom. The molecule has 0 unspecified atom stereocenters. The standard InChI is InChI=1S/C33H42N4/c1-8-13-28(21-31(11-4)37-18-16-36(17-19-37)24-25(6)7)32(12-5)35-33-22-30-20-27(26(9-2)10-3)14-15-29(30)23-34-33/h8-11,13-15,20-23,25H,2,5,16-19,24H2,1,3-4,6-7H3,(H,34,35)/b13-8-,26-10+,28-21+,31-11-. The summed E-state index contributed by atoms with van der Waals surface area (Å²) in [7, 11) is 0. The minimum Gasteiger partial charge on any atom is -0.369 e. The Hall–Kier alpha value is -3.59. The molecule has 194 valence electrons. The number of rotatable bonds is 10. The van der Waals surface area contributed by atoms with Crippen LogP contribution in [0.15, 0.2) is 103 Å². The molecule has 37 heavy (non-hydrogen) atoms. The number of piperazine rings is 1. The quantitative estimate of drug-likeness (QED) is 0.272. The van der Waals surface area contributed by atoms with Crippen LogP contribution in [0.2, 0.25) is 0 Å². The highest BCUT2D eigenvalue weighted by atomic mass is 15.3. The third-order valence-electron chi connectivity index (χ3n) is 6.61. The predicted octanol–water partition coefficient (Wildman–Crippen LogP) is 7.58. The third-order valence-corrected chi connectivity index (χ3v) is 6.61. The Bertz CT molecular complexity index is 1260. The van der Waals surface area contributed by atoms with Crippen LogP contribution in [-0.2, 0) is 0 Å². The van der Waals surface area contributed by atoms with Crippen LogP contribution in [-0.4, -0.2) is 47.5 Å². The van der Waals surface area contributed by atoms with Crippen molar-refractivity contribution in [1.82, 2.24) is 14.8 Å². The molecule has 4 nitrogen and oxygen atoms in total. The molecule has 0 aliphatic carbocycles. The minimum absolute atomic E-state index is 0.697. The number of hydrogen-bond acceptors (Lipinski definition) is 4. The van der Waals surface area contributed by atoms with Crippen LogP contribution >= 0.6 is 0 Å². The molecule has 3 rings (SSSR count). The Kier molecular flexibility index (Phi) is 10.3. The first-order valence-electron chi connectivity index (χ1n) is 13.3. The Morgan fingerprint density at radius 1 is 1.08 bits per heavy atom. The fourth-order valence-corrected chi connectivity index (χ4v) is 4.74. The maximum absolute atomic E-state index is 4.66. The zero-order valence-corrected chi connectivity index (χ0v) is 23.2. The molecule has 0 saturated carbocycles. The molecule has 0 atom stereocenters. The maximum atomic E-state index is 4.66. The van der Waals surface area contributed by atoms with Gasteiger partial charge in [0, 0.05) is 55.6 Å². The second-order valence-electron chi connectivity index (χ2n) is 9.75. The van der Waals surface area contributed by atoms with Crippen LogP contribution in [0.1, 0.15) is 40.2 Å². The van der Waals surface area contributed by atoms with Crippen molar-refractivity contribution in [2.75, 3.05) is 38.0 Å². The fourth-order valence-electron chi connectivity index (χ4n) is 4.74. The molecular formula is C33H42N4. The fraction of sp³-hybridized carbons (Fsp3) is 0.333. The average molecular weight is 495 g/mol. The van der Waals surface area contributed by atoms with Crippen molar-refractivity contribution in [2.24, 2.45) is 5.92 Å². The molecular weight excluding hydrogens is 452 g/mol. The molecule has 4 heteroatoms. The van der Waals surface area contributed by atoms with Crippen molar-refractivity contribution in [3.8, 4) is 0 Å². The molecule has 1 aromatic heterocycles. The molecule has 1 aromatic carbocycles. The largest absolute Gasteiger partial charge is 0.369 e. The SMILES string of the molecule is C=C=C(Nc1cc2cc(/C(C=C)=C/C)ccc2cn1)C(/C=C\C)=C/C(=C/C)N1CCN(CC(C)C)CC1. The molecule has 2 aromatic rings. The van der Waals surface area contributed by atoms with E-state index in [4.69, 9.17) is 0 Å². The summed E-state index contributed by atoms with van der Waals surface area (Å²) in [5.41, 5.74) is 8.41. The number of nitrogens with zero attached hydrogens (tertiary/aromatic N) is 3. The van der Waals surface area contributed by atoms with Crippen molar-refractivity contribution in [1.29, 1.82) is 0 Å². The summed E-state index contributed by atoms with van der Waals surface area (Å²) >= 11 is 0. The van der Waals surface area contributed by atoms with E-state index in [1.807, 2.05) is 32.2 Å². The van der Waals surface area contributed by atoms with Gasteiger partial charge in [-0.25, -0.2) is 4.98 Å². The van der Waals surface area contributed by atoms with Gasteiger partial charge in [0.15, 0.2) is 0 Å². The van der Waals surface area contributed by atoms with E-state index in [1.54, 1.807) is 0 Å². The van der Waals surface area contributed by atoms with E-state index in [2.05, 4.69) is 108 Å². The monoisotopic (exact) mass is 494 g/mol. The van der Waals surface area contributed by atoms with Crippen LogP contribution in [0.25, 0.3) is 16.3 Å². The lowest BCUT2D eigenvalue weighted by Crippen LogP contribution is -2.46. The van der Waals surface area contributed by atoms with Crippen molar-refractivity contribution >= 4 is 22.2 Å². The van der Waals surface area contributed by atoms with Crippen molar-refractivity contribution < 1.29 is 0 Å². The number of nitrogens with one attached hydrogen (secondary N) is 1. The zero-order chi connectivity index (χ0) is 26.8. The lowest BCUT2D eigenvalue weighted by Gasteiger charge is -2.37. The van der Waals surface area contributed by atoms with Crippen LogP contribution in [0, 0.1) is 5.92 Å². The van der Waals surface area contributed by atoms with Crippen molar-refractivity contribution in [3.63, 3.8) is 0 Å². The second kappa shape index (κ2) is 13.6. The Labute approximate surface area is 223 Å². The molecule has 0 spiro atoms. The van der Waals surface area contributed by atoms with E-state index < -0.39 is 0 Å². The van der Waals surface area contributed by atoms with E-state index in [-0.39, 0.29) is 0 Å². The number of benzene rings is 1.